The molecule has 0 unspecified atom stereocenters. The molecule has 1 N–H and O–H groups in total. The fourth-order valence-corrected chi connectivity index (χ4v) is 3.09. The minimum atomic E-state index is -0.271. The average molecular weight is 371 g/mol. The highest BCUT2D eigenvalue weighted by atomic mass is 35.5. The zero-order valence-corrected chi connectivity index (χ0v) is 15.4. The first-order valence-electron chi connectivity index (χ1n) is 9.10. The number of rotatable bonds is 8. The van der Waals surface area contributed by atoms with Crippen LogP contribution in [0.25, 0.3) is 0 Å². The Morgan fingerprint density at radius 1 is 1.16 bits per heavy atom. The van der Waals surface area contributed by atoms with E-state index in [0.29, 0.717) is 31.2 Å². The topological polar surface area (TPSA) is 41.6 Å². The smallest absolute Gasteiger partial charge is 0.222 e. The number of hydrogen-bond acceptors (Lipinski definition) is 3. The number of carbonyl (C=O) groups is 1. The zero-order chi connectivity index (χ0) is 16.8. The predicted molar refractivity (Wildman–Crippen MR) is 98.7 cm³/mol. The van der Waals surface area contributed by atoms with Gasteiger partial charge in [-0.15, -0.1) is 12.4 Å². The van der Waals surface area contributed by atoms with Gasteiger partial charge in [0.25, 0.3) is 0 Å². The van der Waals surface area contributed by atoms with Crippen LogP contribution in [0, 0.1) is 11.7 Å². The molecule has 1 aromatic rings. The molecule has 4 nitrogen and oxygen atoms in total. The lowest BCUT2D eigenvalue weighted by Gasteiger charge is -2.32. The van der Waals surface area contributed by atoms with E-state index in [2.05, 4.69) is 5.32 Å². The van der Waals surface area contributed by atoms with Crippen LogP contribution in [0.15, 0.2) is 24.3 Å². The van der Waals surface area contributed by atoms with Crippen LogP contribution in [-0.2, 0) is 4.79 Å². The lowest BCUT2D eigenvalue weighted by molar-refractivity contribution is -0.132. The number of piperidine rings is 1. The van der Waals surface area contributed by atoms with Crippen LogP contribution in [0.5, 0.6) is 5.75 Å². The van der Waals surface area contributed by atoms with Gasteiger partial charge in [-0.3, -0.25) is 4.79 Å². The van der Waals surface area contributed by atoms with E-state index in [1.807, 2.05) is 4.90 Å². The number of amides is 1. The van der Waals surface area contributed by atoms with Crippen molar-refractivity contribution < 1.29 is 13.9 Å². The number of nitrogens with zero attached hydrogens (tertiary/aromatic N) is 1. The van der Waals surface area contributed by atoms with Crippen LogP contribution in [0.4, 0.5) is 4.39 Å². The van der Waals surface area contributed by atoms with Gasteiger partial charge in [-0.05, 0) is 68.8 Å². The maximum absolute atomic E-state index is 12.8. The fourth-order valence-electron chi connectivity index (χ4n) is 3.09. The Morgan fingerprint density at radius 2 is 1.84 bits per heavy atom. The molecule has 0 radical (unpaired) electrons. The van der Waals surface area contributed by atoms with Gasteiger partial charge in [0.1, 0.15) is 11.6 Å². The van der Waals surface area contributed by atoms with Gasteiger partial charge in [0.15, 0.2) is 0 Å². The summed E-state index contributed by atoms with van der Waals surface area (Å²) in [6, 6.07) is 6.55. The highest BCUT2D eigenvalue weighted by molar-refractivity contribution is 5.85. The number of hydrogen-bond donors (Lipinski definition) is 1. The normalized spacial score (nSPS) is 17.9. The quantitative estimate of drug-likeness (QED) is 0.713. The molecule has 0 atom stereocenters. The molecule has 1 saturated heterocycles. The van der Waals surface area contributed by atoms with E-state index in [1.54, 1.807) is 12.1 Å². The fraction of sp³-hybridized carbons (Fsp3) is 0.632. The van der Waals surface area contributed by atoms with E-state index in [0.717, 1.165) is 38.4 Å². The first-order chi connectivity index (χ1) is 11.7. The van der Waals surface area contributed by atoms with Gasteiger partial charge in [0.2, 0.25) is 5.91 Å². The summed E-state index contributed by atoms with van der Waals surface area (Å²) in [5.41, 5.74) is 0. The Hall–Kier alpha value is -1.33. The Kier molecular flexibility index (Phi) is 7.97. The van der Waals surface area contributed by atoms with E-state index in [9.17, 15) is 9.18 Å². The van der Waals surface area contributed by atoms with Crippen molar-refractivity contribution in [3.8, 4) is 5.75 Å². The Bertz CT molecular complexity index is 529. The van der Waals surface area contributed by atoms with Gasteiger partial charge in [0, 0.05) is 25.6 Å². The van der Waals surface area contributed by atoms with Gasteiger partial charge in [0.05, 0.1) is 6.61 Å². The summed E-state index contributed by atoms with van der Waals surface area (Å²) in [5.74, 6) is 1.50. The van der Waals surface area contributed by atoms with Gasteiger partial charge >= 0.3 is 0 Å². The highest BCUT2D eigenvalue weighted by Gasteiger charge is 2.25. The second-order valence-corrected chi connectivity index (χ2v) is 6.91. The molecule has 1 aromatic carbocycles. The third-order valence-electron chi connectivity index (χ3n) is 4.86. The lowest BCUT2D eigenvalue weighted by atomic mass is 10.0. The predicted octanol–water partition coefficient (Wildman–Crippen LogP) is 3.40. The average Bonchev–Trinajstić information content (AvgIpc) is 3.43. The zero-order valence-electron chi connectivity index (χ0n) is 14.6. The molecule has 1 aliphatic carbocycles. The van der Waals surface area contributed by atoms with Crippen molar-refractivity contribution in [3.63, 3.8) is 0 Å². The van der Waals surface area contributed by atoms with Crippen LogP contribution in [0.3, 0.4) is 0 Å². The second-order valence-electron chi connectivity index (χ2n) is 6.91. The summed E-state index contributed by atoms with van der Waals surface area (Å²) in [4.78, 5) is 14.2. The van der Waals surface area contributed by atoms with Crippen molar-refractivity contribution in [1.82, 2.24) is 10.2 Å². The van der Waals surface area contributed by atoms with Crippen molar-refractivity contribution in [2.75, 3.05) is 26.2 Å². The van der Waals surface area contributed by atoms with Crippen molar-refractivity contribution in [3.05, 3.63) is 30.1 Å². The standard InChI is InChI=1S/C19H27FN2O2.ClH/c20-16-5-7-18(8-6-16)24-13-1-2-19(23)22-11-9-17(10-12-22)21-14-15-3-4-15;/h5-8,15,17,21H,1-4,9-14H2;1H. The Labute approximate surface area is 155 Å². The third kappa shape index (κ3) is 6.83. The molecule has 1 saturated carbocycles. The molecule has 3 rings (SSSR count). The number of likely N-dealkylation sites (tertiary alicyclic amines) is 1. The maximum atomic E-state index is 12.8. The summed E-state index contributed by atoms with van der Waals surface area (Å²) in [6.45, 7) is 3.36. The second kappa shape index (κ2) is 9.97. The SMILES string of the molecule is Cl.O=C(CCCOc1ccc(F)cc1)N1CCC(NCC2CC2)CC1. The van der Waals surface area contributed by atoms with Crippen LogP contribution < -0.4 is 10.1 Å². The first-order valence-corrected chi connectivity index (χ1v) is 9.10. The van der Waals surface area contributed by atoms with Crippen molar-refractivity contribution in [2.24, 2.45) is 5.92 Å². The van der Waals surface area contributed by atoms with Gasteiger partial charge < -0.3 is 15.0 Å². The molecule has 1 amide bonds. The number of carbonyl (C=O) groups excluding carboxylic acids is 1. The molecule has 6 heteroatoms. The number of ether oxygens (including phenoxy) is 1. The number of benzene rings is 1. The number of nitrogens with one attached hydrogen (secondary N) is 1. The highest BCUT2D eigenvalue weighted by Crippen LogP contribution is 2.28. The molecule has 2 fully saturated rings. The summed E-state index contributed by atoms with van der Waals surface area (Å²) in [7, 11) is 0. The van der Waals surface area contributed by atoms with Gasteiger partial charge in [-0.2, -0.15) is 0 Å². The molecule has 25 heavy (non-hydrogen) atoms. The monoisotopic (exact) mass is 370 g/mol. The summed E-state index contributed by atoms with van der Waals surface area (Å²) in [6.07, 6.45) is 6.08. The van der Waals surface area contributed by atoms with Crippen molar-refractivity contribution >= 4 is 18.3 Å². The van der Waals surface area contributed by atoms with Gasteiger partial charge in [-0.1, -0.05) is 0 Å². The summed E-state index contributed by atoms with van der Waals surface area (Å²) >= 11 is 0. The molecule has 0 spiro atoms. The van der Waals surface area contributed by atoms with Gasteiger partial charge in [-0.25, -0.2) is 4.39 Å². The van der Waals surface area contributed by atoms with E-state index < -0.39 is 0 Å². The molecule has 140 valence electrons. The molecule has 1 aliphatic heterocycles. The van der Waals surface area contributed by atoms with E-state index in [1.165, 1.54) is 25.0 Å². The Morgan fingerprint density at radius 3 is 2.48 bits per heavy atom. The minimum absolute atomic E-state index is 0. The van der Waals surface area contributed by atoms with E-state index >= 15 is 0 Å². The molecular weight excluding hydrogens is 343 g/mol. The minimum Gasteiger partial charge on any atom is -0.494 e. The lowest BCUT2D eigenvalue weighted by Crippen LogP contribution is -2.45. The van der Waals surface area contributed by atoms with E-state index in [4.69, 9.17) is 4.74 Å². The third-order valence-corrected chi connectivity index (χ3v) is 4.86. The summed E-state index contributed by atoms with van der Waals surface area (Å²) in [5, 5.41) is 3.63. The maximum Gasteiger partial charge on any atom is 0.222 e. The number of halogens is 2. The van der Waals surface area contributed by atoms with E-state index in [-0.39, 0.29) is 24.1 Å². The van der Waals surface area contributed by atoms with Crippen LogP contribution in [0.2, 0.25) is 0 Å². The Balaban J connectivity index is 0.00000225. The molecule has 2 aliphatic rings. The molecule has 1 heterocycles. The largest absolute Gasteiger partial charge is 0.494 e. The van der Waals surface area contributed by atoms with Crippen molar-refractivity contribution in [2.45, 2.75) is 44.6 Å². The van der Waals surface area contributed by atoms with Crippen molar-refractivity contribution in [1.29, 1.82) is 0 Å². The molecular formula is C19H28ClFN2O2. The molecule has 0 bridgehead atoms. The van der Waals surface area contributed by atoms with Crippen LogP contribution in [-0.4, -0.2) is 43.1 Å². The van der Waals surface area contributed by atoms with Crippen LogP contribution >= 0.6 is 12.4 Å². The van der Waals surface area contributed by atoms with Crippen LogP contribution in [0.1, 0.15) is 38.5 Å². The summed E-state index contributed by atoms with van der Waals surface area (Å²) < 4.78 is 18.3. The molecule has 0 aromatic heterocycles. The first kappa shape index (κ1) is 20.0.